The van der Waals surface area contributed by atoms with E-state index in [4.69, 9.17) is 4.74 Å². The quantitative estimate of drug-likeness (QED) is 0.904. The number of rotatable bonds is 3. The molecule has 1 aromatic rings. The highest BCUT2D eigenvalue weighted by atomic mass is 35.5. The largest absolute Gasteiger partial charge is 0.381 e. The van der Waals surface area contributed by atoms with Crippen molar-refractivity contribution in [3.8, 4) is 0 Å². The molecule has 1 spiro atoms. The van der Waals surface area contributed by atoms with Crippen LogP contribution in [0.2, 0.25) is 0 Å². The fraction of sp³-hybridized carbons (Fsp3) is 0.750. The van der Waals surface area contributed by atoms with E-state index < -0.39 is 0 Å². The summed E-state index contributed by atoms with van der Waals surface area (Å²) in [6.45, 7) is 3.34. The molecule has 0 bridgehead atoms. The summed E-state index contributed by atoms with van der Waals surface area (Å²) in [4.78, 5) is 15.0. The van der Waals surface area contributed by atoms with Crippen molar-refractivity contribution in [2.24, 2.45) is 12.5 Å². The van der Waals surface area contributed by atoms with Crippen LogP contribution in [0.5, 0.6) is 0 Å². The van der Waals surface area contributed by atoms with Crippen molar-refractivity contribution >= 4 is 18.3 Å². The van der Waals surface area contributed by atoms with Crippen LogP contribution in [-0.2, 0) is 16.6 Å². The Kier molecular flexibility index (Phi) is 6.06. The Balaban J connectivity index is 0.00000192. The summed E-state index contributed by atoms with van der Waals surface area (Å²) in [5, 5.41) is 7.33. The van der Waals surface area contributed by atoms with Crippen LogP contribution in [-0.4, -0.2) is 53.9 Å². The lowest BCUT2D eigenvalue weighted by atomic mass is 9.75. The summed E-state index contributed by atoms with van der Waals surface area (Å²) >= 11 is 0. The normalized spacial score (nSPS) is 25.9. The third-order valence-corrected chi connectivity index (χ3v) is 4.97. The Morgan fingerprint density at radius 1 is 1.43 bits per heavy atom. The molecule has 1 aromatic heterocycles. The fourth-order valence-electron chi connectivity index (χ4n) is 3.83. The van der Waals surface area contributed by atoms with Crippen molar-refractivity contribution in [3.05, 3.63) is 18.0 Å². The Labute approximate surface area is 144 Å². The zero-order chi connectivity index (χ0) is 15.6. The van der Waals surface area contributed by atoms with Crippen molar-refractivity contribution in [1.82, 2.24) is 20.0 Å². The highest BCUT2D eigenvalue weighted by molar-refractivity contribution is 5.85. The van der Waals surface area contributed by atoms with Crippen LogP contribution in [0, 0.1) is 5.41 Å². The van der Waals surface area contributed by atoms with Gasteiger partial charge in [-0.2, -0.15) is 5.10 Å². The Bertz CT molecular complexity index is 522. The number of hydrogen-bond donors (Lipinski definition) is 1. The van der Waals surface area contributed by atoms with Crippen molar-refractivity contribution in [2.75, 3.05) is 33.4 Å². The molecular weight excluding hydrogens is 316 g/mol. The smallest absolute Gasteiger partial charge is 0.244 e. The van der Waals surface area contributed by atoms with E-state index in [0.717, 1.165) is 44.7 Å². The summed E-state index contributed by atoms with van der Waals surface area (Å²) in [6, 6.07) is -0.312. The first-order chi connectivity index (χ1) is 10.6. The molecule has 7 heteroatoms. The number of hydrogen-bond acceptors (Lipinski definition) is 4. The van der Waals surface area contributed by atoms with E-state index in [1.807, 2.05) is 25.2 Å². The van der Waals surface area contributed by atoms with Crippen molar-refractivity contribution in [3.63, 3.8) is 0 Å². The molecule has 0 aromatic carbocycles. The molecule has 2 unspecified atom stereocenters. The number of carbonyl (C=O) groups excluding carboxylic acids is 1. The van der Waals surface area contributed by atoms with Gasteiger partial charge in [0.05, 0.1) is 12.8 Å². The van der Waals surface area contributed by atoms with Gasteiger partial charge in [-0.15, -0.1) is 12.4 Å². The molecule has 0 aliphatic carbocycles. The Morgan fingerprint density at radius 3 is 2.83 bits per heavy atom. The number of halogens is 1. The average molecular weight is 343 g/mol. The van der Waals surface area contributed by atoms with Crippen LogP contribution in [0.15, 0.2) is 12.4 Å². The average Bonchev–Trinajstić information content (AvgIpc) is 2.95. The van der Waals surface area contributed by atoms with E-state index in [2.05, 4.69) is 10.4 Å². The Hall–Kier alpha value is -1.11. The summed E-state index contributed by atoms with van der Waals surface area (Å²) in [5.74, 6) is 0.153. The maximum absolute atomic E-state index is 13.0. The van der Waals surface area contributed by atoms with Gasteiger partial charge in [0.15, 0.2) is 0 Å². The number of likely N-dealkylation sites (tertiary alicyclic amines) is 1. The summed E-state index contributed by atoms with van der Waals surface area (Å²) < 4.78 is 7.43. The summed E-state index contributed by atoms with van der Waals surface area (Å²) in [7, 11) is 3.70. The minimum Gasteiger partial charge on any atom is -0.381 e. The maximum atomic E-state index is 13.0. The van der Waals surface area contributed by atoms with Gasteiger partial charge in [0.25, 0.3) is 0 Å². The lowest BCUT2D eigenvalue weighted by Gasteiger charge is -2.45. The predicted molar refractivity (Wildman–Crippen MR) is 90.6 cm³/mol. The number of piperidine rings is 1. The molecule has 2 aliphatic rings. The van der Waals surface area contributed by atoms with Crippen LogP contribution in [0.1, 0.15) is 37.3 Å². The molecular formula is C16H27ClN4O2. The van der Waals surface area contributed by atoms with Gasteiger partial charge in [-0.1, -0.05) is 0 Å². The van der Waals surface area contributed by atoms with Crippen molar-refractivity contribution in [2.45, 2.75) is 31.7 Å². The van der Waals surface area contributed by atoms with E-state index in [0.29, 0.717) is 0 Å². The molecule has 2 saturated heterocycles. The van der Waals surface area contributed by atoms with Gasteiger partial charge >= 0.3 is 0 Å². The minimum absolute atomic E-state index is 0. The van der Waals surface area contributed by atoms with Crippen LogP contribution in [0.4, 0.5) is 0 Å². The second kappa shape index (κ2) is 7.64. The van der Waals surface area contributed by atoms with E-state index in [1.54, 1.807) is 10.9 Å². The van der Waals surface area contributed by atoms with E-state index in [9.17, 15) is 4.79 Å². The zero-order valence-electron chi connectivity index (χ0n) is 14.0. The number of aromatic nitrogens is 2. The number of amides is 1. The molecule has 0 saturated carbocycles. The minimum atomic E-state index is -0.312. The molecule has 2 atom stereocenters. The third kappa shape index (κ3) is 3.87. The molecule has 2 fully saturated rings. The Morgan fingerprint density at radius 2 is 2.22 bits per heavy atom. The van der Waals surface area contributed by atoms with Crippen LogP contribution < -0.4 is 5.32 Å². The molecule has 0 radical (unpaired) electrons. The molecule has 1 N–H and O–H groups in total. The molecule has 130 valence electrons. The topological polar surface area (TPSA) is 59.4 Å². The van der Waals surface area contributed by atoms with E-state index in [-0.39, 0.29) is 29.8 Å². The second-order valence-electron chi connectivity index (χ2n) is 6.69. The second-order valence-corrected chi connectivity index (χ2v) is 6.69. The SMILES string of the molecule is CNC(C(=O)N1CCCC2(CCCOC2)C1)c1cnn(C)c1.Cl. The fourth-order valence-corrected chi connectivity index (χ4v) is 3.83. The van der Waals surface area contributed by atoms with Gasteiger partial charge < -0.3 is 15.0 Å². The van der Waals surface area contributed by atoms with Crippen LogP contribution >= 0.6 is 12.4 Å². The zero-order valence-corrected chi connectivity index (χ0v) is 14.8. The first kappa shape index (κ1) is 18.2. The van der Waals surface area contributed by atoms with Crippen LogP contribution in [0.3, 0.4) is 0 Å². The number of likely N-dealkylation sites (N-methyl/N-ethyl adjacent to an activating group) is 1. The number of ether oxygens (including phenoxy) is 1. The lowest BCUT2D eigenvalue weighted by molar-refractivity contribution is -0.140. The summed E-state index contributed by atoms with van der Waals surface area (Å²) in [6.07, 6.45) is 8.20. The predicted octanol–water partition coefficient (Wildman–Crippen LogP) is 1.52. The first-order valence-electron chi connectivity index (χ1n) is 8.16. The van der Waals surface area contributed by atoms with Crippen molar-refractivity contribution in [1.29, 1.82) is 0 Å². The molecule has 1 amide bonds. The van der Waals surface area contributed by atoms with Crippen LogP contribution in [0.25, 0.3) is 0 Å². The number of nitrogens with zero attached hydrogens (tertiary/aromatic N) is 3. The van der Waals surface area contributed by atoms with E-state index >= 15 is 0 Å². The molecule has 23 heavy (non-hydrogen) atoms. The monoisotopic (exact) mass is 342 g/mol. The van der Waals surface area contributed by atoms with Gasteiger partial charge in [-0.3, -0.25) is 9.48 Å². The van der Waals surface area contributed by atoms with Gasteiger partial charge in [-0.25, -0.2) is 0 Å². The van der Waals surface area contributed by atoms with Gasteiger partial charge in [0.2, 0.25) is 5.91 Å². The highest BCUT2D eigenvalue weighted by Crippen LogP contribution is 2.38. The number of nitrogens with one attached hydrogen (secondary N) is 1. The molecule has 2 aliphatic heterocycles. The molecule has 3 rings (SSSR count). The highest BCUT2D eigenvalue weighted by Gasteiger charge is 2.40. The molecule has 3 heterocycles. The first-order valence-corrected chi connectivity index (χ1v) is 8.16. The third-order valence-electron chi connectivity index (χ3n) is 4.97. The standard InChI is InChI=1S/C16H26N4O2.ClH/c1-17-14(13-9-18-19(2)10-13)15(21)20-7-3-5-16(11-20)6-4-8-22-12-16;/h9-10,14,17H,3-8,11-12H2,1-2H3;1H. The van der Waals surface area contributed by atoms with Gasteiger partial charge in [-0.05, 0) is 32.7 Å². The molecule has 6 nitrogen and oxygen atoms in total. The van der Waals surface area contributed by atoms with Gasteiger partial charge in [0.1, 0.15) is 6.04 Å². The number of carbonyl (C=O) groups is 1. The summed E-state index contributed by atoms with van der Waals surface area (Å²) in [5.41, 5.74) is 1.11. The number of aryl methyl sites for hydroxylation is 1. The van der Waals surface area contributed by atoms with E-state index in [1.165, 1.54) is 12.8 Å². The maximum Gasteiger partial charge on any atom is 0.244 e. The van der Waals surface area contributed by atoms with Crippen molar-refractivity contribution < 1.29 is 9.53 Å². The van der Waals surface area contributed by atoms with Gasteiger partial charge in [0, 0.05) is 43.9 Å². The lowest BCUT2D eigenvalue weighted by Crippen LogP contribution is -2.51.